The number of hydrogen-bond donors (Lipinski definition) is 1. The predicted molar refractivity (Wildman–Crippen MR) is 49.5 cm³/mol. The van der Waals surface area contributed by atoms with Crippen molar-refractivity contribution in [3.8, 4) is 0 Å². The maximum absolute atomic E-state index is 11.0. The van der Waals surface area contributed by atoms with Gasteiger partial charge in [0.2, 0.25) is 0 Å². The minimum absolute atomic E-state index is 0.259. The lowest BCUT2D eigenvalue weighted by Gasteiger charge is -2.29. The normalized spacial score (nSPS) is 21.8. The van der Waals surface area contributed by atoms with Crippen LogP contribution in [0.1, 0.15) is 30.6 Å². The molecule has 0 unspecified atom stereocenters. The summed E-state index contributed by atoms with van der Waals surface area (Å²) < 4.78 is 3.96. The van der Waals surface area contributed by atoms with Crippen molar-refractivity contribution in [1.82, 2.24) is 4.37 Å². The molecular weight excluding hydrogens is 186 g/mol. The van der Waals surface area contributed by atoms with Crippen LogP contribution in [0.3, 0.4) is 0 Å². The molecule has 1 aromatic rings. The molecule has 0 spiro atoms. The molecule has 13 heavy (non-hydrogen) atoms. The molecular formula is C9H11NO2S. The minimum Gasteiger partial charge on any atom is -0.384 e. The van der Waals surface area contributed by atoms with E-state index in [0.29, 0.717) is 25.7 Å². The van der Waals surface area contributed by atoms with Crippen molar-refractivity contribution in [2.45, 2.75) is 31.3 Å². The van der Waals surface area contributed by atoms with Crippen molar-refractivity contribution in [3.05, 3.63) is 17.1 Å². The zero-order valence-electron chi connectivity index (χ0n) is 7.19. The summed E-state index contributed by atoms with van der Waals surface area (Å²) in [5.74, 6) is 0.259. The first-order valence-electron chi connectivity index (χ1n) is 4.36. The number of ketones is 1. The summed E-state index contributed by atoms with van der Waals surface area (Å²) in [6.07, 6.45) is 3.78. The average molecular weight is 197 g/mol. The first kappa shape index (κ1) is 8.84. The van der Waals surface area contributed by atoms with Gasteiger partial charge in [0.05, 0.1) is 4.88 Å². The molecule has 0 amide bonds. The van der Waals surface area contributed by atoms with E-state index in [2.05, 4.69) is 4.37 Å². The van der Waals surface area contributed by atoms with Crippen LogP contribution in [-0.4, -0.2) is 15.3 Å². The van der Waals surface area contributed by atoms with Gasteiger partial charge in [0.15, 0.2) is 0 Å². The first-order valence-corrected chi connectivity index (χ1v) is 5.13. The van der Waals surface area contributed by atoms with Gasteiger partial charge in [-0.1, -0.05) is 0 Å². The van der Waals surface area contributed by atoms with Gasteiger partial charge in [-0.15, -0.1) is 0 Å². The monoisotopic (exact) mass is 197 g/mol. The van der Waals surface area contributed by atoms with E-state index < -0.39 is 5.60 Å². The number of nitrogens with zero attached hydrogens (tertiary/aromatic N) is 1. The molecule has 1 aliphatic carbocycles. The molecule has 1 saturated carbocycles. The van der Waals surface area contributed by atoms with Crippen molar-refractivity contribution >= 4 is 17.3 Å². The second kappa shape index (κ2) is 3.20. The zero-order valence-corrected chi connectivity index (χ0v) is 8.01. The summed E-state index contributed by atoms with van der Waals surface area (Å²) in [5.41, 5.74) is -0.783. The number of rotatable bonds is 1. The van der Waals surface area contributed by atoms with Crippen LogP contribution in [-0.2, 0) is 10.4 Å². The number of hydrogen-bond acceptors (Lipinski definition) is 4. The van der Waals surface area contributed by atoms with Crippen LogP contribution in [0, 0.1) is 0 Å². The van der Waals surface area contributed by atoms with Crippen LogP contribution in [0.5, 0.6) is 0 Å². The molecule has 2 rings (SSSR count). The van der Waals surface area contributed by atoms with Crippen molar-refractivity contribution < 1.29 is 9.90 Å². The molecule has 0 saturated heterocycles. The molecule has 1 aromatic heterocycles. The number of Topliss-reactive ketones (excluding diaryl/α,β-unsaturated/α-hetero) is 1. The summed E-state index contributed by atoms with van der Waals surface area (Å²) in [6.45, 7) is 0. The van der Waals surface area contributed by atoms with E-state index in [4.69, 9.17) is 0 Å². The molecule has 3 nitrogen and oxygen atoms in total. The van der Waals surface area contributed by atoms with Crippen molar-refractivity contribution in [3.63, 3.8) is 0 Å². The maximum atomic E-state index is 11.0. The van der Waals surface area contributed by atoms with Crippen molar-refractivity contribution in [1.29, 1.82) is 0 Å². The Hall–Kier alpha value is -0.740. The lowest BCUT2D eigenvalue weighted by Crippen LogP contribution is -2.30. The van der Waals surface area contributed by atoms with Gasteiger partial charge in [-0.05, 0) is 30.4 Å². The van der Waals surface area contributed by atoms with E-state index in [1.165, 1.54) is 11.5 Å². The summed E-state index contributed by atoms with van der Waals surface area (Å²) in [6, 6.07) is 1.83. The Morgan fingerprint density at radius 3 is 2.69 bits per heavy atom. The fraction of sp³-hybridized carbons (Fsp3) is 0.556. The molecule has 1 N–H and O–H groups in total. The second-order valence-corrected chi connectivity index (χ2v) is 4.28. The smallest absolute Gasteiger partial charge is 0.133 e. The summed E-state index contributed by atoms with van der Waals surface area (Å²) in [7, 11) is 0. The summed E-state index contributed by atoms with van der Waals surface area (Å²) in [4.78, 5) is 11.9. The largest absolute Gasteiger partial charge is 0.384 e. The molecule has 70 valence electrons. The van der Waals surface area contributed by atoms with Crippen LogP contribution in [0.15, 0.2) is 12.3 Å². The number of carbonyl (C=O) groups excluding carboxylic acids is 1. The Balaban J connectivity index is 2.18. The van der Waals surface area contributed by atoms with E-state index in [-0.39, 0.29) is 5.78 Å². The predicted octanol–water partition coefficient (Wildman–Crippen LogP) is 1.47. The van der Waals surface area contributed by atoms with E-state index in [9.17, 15) is 9.90 Å². The van der Waals surface area contributed by atoms with Gasteiger partial charge in [0.25, 0.3) is 0 Å². The first-order chi connectivity index (χ1) is 6.21. The third-order valence-electron chi connectivity index (χ3n) is 2.53. The molecule has 0 bridgehead atoms. The highest BCUT2D eigenvalue weighted by Crippen LogP contribution is 2.37. The van der Waals surface area contributed by atoms with E-state index in [1.807, 2.05) is 6.07 Å². The molecule has 0 aliphatic heterocycles. The van der Waals surface area contributed by atoms with Crippen molar-refractivity contribution in [2.75, 3.05) is 0 Å². The highest BCUT2D eigenvalue weighted by atomic mass is 32.1. The van der Waals surface area contributed by atoms with Gasteiger partial charge >= 0.3 is 0 Å². The third kappa shape index (κ3) is 1.64. The lowest BCUT2D eigenvalue weighted by atomic mass is 9.83. The fourth-order valence-corrected chi connectivity index (χ4v) is 2.38. The van der Waals surface area contributed by atoms with E-state index >= 15 is 0 Å². The number of carbonyl (C=O) groups is 1. The minimum atomic E-state index is -0.783. The van der Waals surface area contributed by atoms with Crippen LogP contribution in [0.25, 0.3) is 0 Å². The van der Waals surface area contributed by atoms with Gasteiger partial charge in [-0.2, -0.15) is 0 Å². The molecule has 1 aliphatic rings. The molecule has 4 heteroatoms. The van der Waals surface area contributed by atoms with Crippen LogP contribution in [0.4, 0.5) is 0 Å². The maximum Gasteiger partial charge on any atom is 0.133 e. The highest BCUT2D eigenvalue weighted by Gasteiger charge is 2.35. The highest BCUT2D eigenvalue weighted by molar-refractivity contribution is 7.05. The van der Waals surface area contributed by atoms with E-state index in [1.54, 1.807) is 6.20 Å². The number of aliphatic hydroxyl groups is 1. The Morgan fingerprint density at radius 1 is 1.46 bits per heavy atom. The summed E-state index contributed by atoms with van der Waals surface area (Å²) in [5, 5.41) is 10.2. The second-order valence-electron chi connectivity index (χ2n) is 3.45. The Bertz CT molecular complexity index is 297. The average Bonchev–Trinajstić information content (AvgIpc) is 2.63. The third-order valence-corrected chi connectivity index (χ3v) is 3.47. The van der Waals surface area contributed by atoms with Crippen molar-refractivity contribution in [2.24, 2.45) is 0 Å². The summed E-state index contributed by atoms with van der Waals surface area (Å²) >= 11 is 1.32. The lowest BCUT2D eigenvalue weighted by molar-refractivity contribution is -0.125. The quantitative estimate of drug-likeness (QED) is 0.741. The van der Waals surface area contributed by atoms with Gasteiger partial charge < -0.3 is 5.11 Å². The van der Waals surface area contributed by atoms with Crippen LogP contribution in [0.2, 0.25) is 0 Å². The van der Waals surface area contributed by atoms with E-state index in [0.717, 1.165) is 4.88 Å². The zero-order chi connectivity index (χ0) is 9.31. The molecule has 0 radical (unpaired) electrons. The molecule has 1 heterocycles. The van der Waals surface area contributed by atoms with Gasteiger partial charge in [0, 0.05) is 19.0 Å². The van der Waals surface area contributed by atoms with Crippen LogP contribution >= 0.6 is 11.5 Å². The van der Waals surface area contributed by atoms with Crippen LogP contribution < -0.4 is 0 Å². The Labute approximate surface area is 80.6 Å². The Kier molecular flexibility index (Phi) is 2.17. The SMILES string of the molecule is O=C1CCC(O)(c2ccns2)CC1. The molecule has 0 aromatic carbocycles. The van der Waals surface area contributed by atoms with Gasteiger partial charge in [-0.25, -0.2) is 4.37 Å². The topological polar surface area (TPSA) is 50.2 Å². The molecule has 0 atom stereocenters. The fourth-order valence-electron chi connectivity index (χ4n) is 1.64. The number of aromatic nitrogens is 1. The van der Waals surface area contributed by atoms with Gasteiger partial charge in [0.1, 0.15) is 11.4 Å². The van der Waals surface area contributed by atoms with Gasteiger partial charge in [-0.3, -0.25) is 4.79 Å². The molecule has 1 fully saturated rings. The standard InChI is InChI=1S/C9H11NO2S/c11-7-1-4-9(12,5-2-7)8-3-6-10-13-8/h3,6,12H,1-2,4-5H2. The Morgan fingerprint density at radius 2 is 2.15 bits per heavy atom.